The summed E-state index contributed by atoms with van der Waals surface area (Å²) in [4.78, 5) is 28.0. The second-order valence-corrected chi connectivity index (χ2v) is 7.44. The van der Waals surface area contributed by atoms with Gasteiger partial charge in [-0.05, 0) is 24.6 Å². The molecule has 5 rings (SSSR count). The highest BCUT2D eigenvalue weighted by molar-refractivity contribution is 8.00. The number of aromatic amines is 1. The molecule has 0 bridgehead atoms. The van der Waals surface area contributed by atoms with E-state index < -0.39 is 0 Å². The monoisotopic (exact) mass is 395 g/mol. The number of nitrogens with zero attached hydrogens (tertiary/aromatic N) is 5. The number of rotatable bonds is 2. The second-order valence-electron chi connectivity index (χ2n) is 6.35. The number of halogens is 1. The molecule has 8 nitrogen and oxygen atoms in total. The first kappa shape index (κ1) is 16.9. The first-order chi connectivity index (χ1) is 13.6. The zero-order chi connectivity index (χ0) is 19.3. The Morgan fingerprint density at radius 2 is 2.04 bits per heavy atom. The van der Waals surface area contributed by atoms with E-state index in [1.54, 1.807) is 16.8 Å². The third kappa shape index (κ3) is 2.64. The van der Waals surface area contributed by atoms with Crippen LogP contribution in [0.25, 0.3) is 17.0 Å². The van der Waals surface area contributed by atoms with Crippen LogP contribution >= 0.6 is 11.8 Å². The van der Waals surface area contributed by atoms with Gasteiger partial charge in [-0.1, -0.05) is 12.1 Å². The number of fused-ring (bicyclic) bond motifs is 2. The summed E-state index contributed by atoms with van der Waals surface area (Å²) in [7, 11) is 0. The number of aromatic nitrogens is 6. The maximum atomic E-state index is 13.4. The molecule has 3 aromatic heterocycles. The molecule has 1 aromatic carbocycles. The molecular formula is C18H14FN7OS. The molecule has 0 spiro atoms. The summed E-state index contributed by atoms with van der Waals surface area (Å²) in [5.41, 5.74) is 3.66. The molecule has 28 heavy (non-hydrogen) atoms. The highest BCUT2D eigenvalue weighted by atomic mass is 32.2. The number of nitrogens with one attached hydrogen (secondary N) is 2. The van der Waals surface area contributed by atoms with Gasteiger partial charge >= 0.3 is 0 Å². The van der Waals surface area contributed by atoms with Gasteiger partial charge in [0.1, 0.15) is 23.5 Å². The summed E-state index contributed by atoms with van der Waals surface area (Å²) in [6.45, 7) is 1.88. The molecular weight excluding hydrogens is 381 g/mol. The molecule has 1 aliphatic rings. The number of hydrogen-bond donors (Lipinski definition) is 2. The Bertz CT molecular complexity index is 1200. The minimum atomic E-state index is -0.299. The summed E-state index contributed by atoms with van der Waals surface area (Å²) >= 11 is 1.48. The topological polar surface area (TPSA) is 101 Å². The van der Waals surface area contributed by atoms with Crippen LogP contribution in [0.2, 0.25) is 0 Å². The van der Waals surface area contributed by atoms with Crippen LogP contribution in [0, 0.1) is 12.7 Å². The minimum Gasteiger partial charge on any atom is -0.340 e. The van der Waals surface area contributed by atoms with Crippen molar-refractivity contribution in [2.45, 2.75) is 12.2 Å². The first-order valence-corrected chi connectivity index (χ1v) is 9.57. The second kappa shape index (κ2) is 6.41. The number of imidazole rings is 1. The van der Waals surface area contributed by atoms with Crippen molar-refractivity contribution in [3.8, 4) is 5.82 Å². The fourth-order valence-corrected chi connectivity index (χ4v) is 4.54. The van der Waals surface area contributed by atoms with Crippen LogP contribution in [0.15, 0.2) is 36.9 Å². The molecule has 4 aromatic rings. The third-order valence-corrected chi connectivity index (χ3v) is 5.85. The Balaban J connectivity index is 1.73. The molecule has 0 fully saturated rings. The van der Waals surface area contributed by atoms with E-state index in [1.807, 2.05) is 6.92 Å². The molecule has 0 saturated carbocycles. The van der Waals surface area contributed by atoms with Crippen LogP contribution in [-0.2, 0) is 4.79 Å². The molecule has 4 heterocycles. The Kier molecular flexibility index (Phi) is 3.86. The molecule has 0 saturated heterocycles. The zero-order valence-electron chi connectivity index (χ0n) is 14.7. The minimum absolute atomic E-state index is 0.132. The average Bonchev–Trinajstić information content (AvgIpc) is 3.24. The van der Waals surface area contributed by atoms with Gasteiger partial charge in [-0.25, -0.2) is 19.3 Å². The summed E-state index contributed by atoms with van der Waals surface area (Å²) in [6.07, 6.45) is 2.94. The van der Waals surface area contributed by atoms with E-state index in [9.17, 15) is 9.18 Å². The molecule has 1 aliphatic heterocycles. The van der Waals surface area contributed by atoms with Gasteiger partial charge in [-0.15, -0.1) is 11.8 Å². The summed E-state index contributed by atoms with van der Waals surface area (Å²) in [5.74, 6) is 0.895. The van der Waals surface area contributed by atoms with E-state index in [4.69, 9.17) is 0 Å². The lowest BCUT2D eigenvalue weighted by Crippen LogP contribution is -2.16. The van der Waals surface area contributed by atoms with Crippen molar-refractivity contribution in [2.75, 3.05) is 11.1 Å². The van der Waals surface area contributed by atoms with E-state index in [2.05, 4.69) is 30.4 Å². The lowest BCUT2D eigenvalue weighted by Gasteiger charge is -2.15. The highest BCUT2D eigenvalue weighted by Gasteiger charge is 2.31. The zero-order valence-corrected chi connectivity index (χ0v) is 15.5. The van der Waals surface area contributed by atoms with E-state index in [0.717, 1.165) is 16.8 Å². The summed E-state index contributed by atoms with van der Waals surface area (Å²) in [5, 5.41) is 7.42. The number of benzene rings is 1. The maximum Gasteiger partial charge on any atom is 0.235 e. The predicted octanol–water partition coefficient (Wildman–Crippen LogP) is 2.76. The average molecular weight is 395 g/mol. The van der Waals surface area contributed by atoms with Gasteiger partial charge in [-0.3, -0.25) is 4.79 Å². The fourth-order valence-electron chi connectivity index (χ4n) is 3.35. The van der Waals surface area contributed by atoms with Crippen LogP contribution in [0.4, 0.5) is 10.2 Å². The smallest absolute Gasteiger partial charge is 0.235 e. The maximum absolute atomic E-state index is 13.4. The molecule has 10 heteroatoms. The van der Waals surface area contributed by atoms with E-state index in [1.165, 1.54) is 36.5 Å². The molecule has 1 amide bonds. The quantitative estimate of drug-likeness (QED) is 0.541. The van der Waals surface area contributed by atoms with Gasteiger partial charge in [0.25, 0.3) is 0 Å². The molecule has 0 aliphatic carbocycles. The standard InChI is InChI=1S/C18H14FN7OS/c1-9-13-15(10-2-4-11(19)5-3-10)28-6-12(27)24-17(13)26(25-9)18-14-16(21-7-20-14)22-8-23-18/h2-5,7-8,15H,6H2,1H3,(H,24,27)(H,20,21,22,23)/t15-/m0/s1. The van der Waals surface area contributed by atoms with Gasteiger partial charge in [0.05, 0.1) is 23.0 Å². The first-order valence-electron chi connectivity index (χ1n) is 8.52. The SMILES string of the molecule is Cc1nn(-c2ncnc3nc[nH]c23)c2c1[C@H](c1ccc(F)cc1)SCC(=O)N2. The lowest BCUT2D eigenvalue weighted by molar-refractivity contribution is -0.113. The number of carbonyl (C=O) groups is 1. The number of H-pyrrole nitrogens is 1. The van der Waals surface area contributed by atoms with Crippen molar-refractivity contribution in [3.63, 3.8) is 0 Å². The van der Waals surface area contributed by atoms with Crippen molar-refractivity contribution < 1.29 is 9.18 Å². The predicted molar refractivity (Wildman–Crippen MR) is 103 cm³/mol. The van der Waals surface area contributed by atoms with Crippen LogP contribution in [0.1, 0.15) is 22.1 Å². The van der Waals surface area contributed by atoms with Gasteiger partial charge in [-0.2, -0.15) is 9.78 Å². The highest BCUT2D eigenvalue weighted by Crippen LogP contribution is 2.43. The van der Waals surface area contributed by atoms with Crippen LogP contribution in [0.3, 0.4) is 0 Å². The van der Waals surface area contributed by atoms with Crippen molar-refractivity contribution in [2.24, 2.45) is 0 Å². The number of hydrogen-bond acceptors (Lipinski definition) is 6. The Labute approximate surface area is 162 Å². The van der Waals surface area contributed by atoms with Gasteiger partial charge in [0.15, 0.2) is 11.5 Å². The van der Waals surface area contributed by atoms with Gasteiger partial charge in [0, 0.05) is 5.56 Å². The van der Waals surface area contributed by atoms with Crippen molar-refractivity contribution in [1.29, 1.82) is 0 Å². The normalized spacial score (nSPS) is 16.6. The fraction of sp³-hybridized carbons (Fsp3) is 0.167. The van der Waals surface area contributed by atoms with E-state index in [0.29, 0.717) is 22.8 Å². The van der Waals surface area contributed by atoms with Crippen LogP contribution < -0.4 is 5.32 Å². The molecule has 1 atom stereocenters. The molecule has 0 unspecified atom stereocenters. The molecule has 140 valence electrons. The van der Waals surface area contributed by atoms with Gasteiger partial charge < -0.3 is 10.3 Å². The van der Waals surface area contributed by atoms with Crippen LogP contribution in [-0.4, -0.2) is 41.4 Å². The summed E-state index contributed by atoms with van der Waals surface area (Å²) in [6, 6.07) is 6.32. The number of thioether (sulfide) groups is 1. The Morgan fingerprint density at radius 1 is 1.21 bits per heavy atom. The number of carbonyl (C=O) groups excluding carboxylic acids is 1. The van der Waals surface area contributed by atoms with Crippen LogP contribution in [0.5, 0.6) is 0 Å². The van der Waals surface area contributed by atoms with E-state index >= 15 is 0 Å². The summed E-state index contributed by atoms with van der Waals surface area (Å²) < 4.78 is 15.0. The number of aryl methyl sites for hydroxylation is 1. The molecule has 2 N–H and O–H groups in total. The third-order valence-electron chi connectivity index (χ3n) is 4.58. The van der Waals surface area contributed by atoms with E-state index in [-0.39, 0.29) is 22.7 Å². The Hall–Kier alpha value is -3.27. The van der Waals surface area contributed by atoms with Gasteiger partial charge in [0.2, 0.25) is 5.91 Å². The van der Waals surface area contributed by atoms with Crippen molar-refractivity contribution in [1.82, 2.24) is 29.7 Å². The number of anilines is 1. The van der Waals surface area contributed by atoms with Crippen molar-refractivity contribution in [3.05, 3.63) is 59.6 Å². The Morgan fingerprint density at radius 3 is 2.86 bits per heavy atom. The largest absolute Gasteiger partial charge is 0.340 e. The van der Waals surface area contributed by atoms with Crippen molar-refractivity contribution >= 4 is 34.7 Å². The molecule has 0 radical (unpaired) electrons. The lowest BCUT2D eigenvalue weighted by atomic mass is 10.0. The number of amides is 1.